The topological polar surface area (TPSA) is 52.6 Å². The van der Waals surface area contributed by atoms with E-state index < -0.39 is 0 Å². The lowest BCUT2D eigenvalue weighted by Crippen LogP contribution is -2.17. The third-order valence-corrected chi connectivity index (χ3v) is 4.68. The molecule has 28 heavy (non-hydrogen) atoms. The van der Waals surface area contributed by atoms with E-state index in [-0.39, 0.29) is 18.0 Å². The average Bonchev–Trinajstić information content (AvgIpc) is 2.70. The molecule has 4 nitrogen and oxygen atoms in total. The highest BCUT2D eigenvalue weighted by atomic mass is 16.5. The largest absolute Gasteiger partial charge is 0.459 e. The summed E-state index contributed by atoms with van der Waals surface area (Å²) in [5, 5.41) is 0. The van der Waals surface area contributed by atoms with Crippen molar-refractivity contribution in [2.24, 2.45) is 0 Å². The third kappa shape index (κ3) is 6.84. The van der Waals surface area contributed by atoms with Gasteiger partial charge in [-0.15, -0.1) is 0 Å². The number of hydrogen-bond donors (Lipinski definition) is 0. The van der Waals surface area contributed by atoms with Crippen LogP contribution in [0.15, 0.2) is 48.5 Å². The summed E-state index contributed by atoms with van der Waals surface area (Å²) in [5.74, 6) is -0.0912. The van der Waals surface area contributed by atoms with Crippen LogP contribution in [0.4, 0.5) is 0 Å². The summed E-state index contributed by atoms with van der Waals surface area (Å²) in [7, 11) is 0. The fourth-order valence-corrected chi connectivity index (χ4v) is 3.04. The Morgan fingerprint density at radius 1 is 0.857 bits per heavy atom. The Labute approximate surface area is 167 Å². The molecule has 1 unspecified atom stereocenters. The summed E-state index contributed by atoms with van der Waals surface area (Å²) in [5.41, 5.74) is 2.53. The monoisotopic (exact) mass is 382 g/mol. The second kappa shape index (κ2) is 11.3. The first-order valence-electron chi connectivity index (χ1n) is 10.1. The van der Waals surface area contributed by atoms with Crippen LogP contribution in [0.2, 0.25) is 0 Å². The predicted octanol–water partition coefficient (Wildman–Crippen LogP) is 6.18. The van der Waals surface area contributed by atoms with Crippen molar-refractivity contribution in [3.05, 3.63) is 54.1 Å². The maximum absolute atomic E-state index is 12.4. The Kier molecular flexibility index (Phi) is 8.73. The minimum Gasteiger partial charge on any atom is -0.459 e. The molecule has 1 atom stereocenters. The van der Waals surface area contributed by atoms with Crippen LogP contribution < -0.4 is 4.74 Å². The molecule has 0 aliphatic carbocycles. The molecule has 150 valence electrons. The molecule has 2 rings (SSSR count). The van der Waals surface area contributed by atoms with Gasteiger partial charge in [0.2, 0.25) is 0 Å². The zero-order valence-electron chi connectivity index (χ0n) is 17.1. The number of esters is 2. The van der Waals surface area contributed by atoms with Crippen LogP contribution in [0.5, 0.6) is 5.75 Å². The van der Waals surface area contributed by atoms with Gasteiger partial charge in [0.05, 0.1) is 5.56 Å². The zero-order chi connectivity index (χ0) is 20.4. The number of hydrogen-bond acceptors (Lipinski definition) is 4. The van der Waals surface area contributed by atoms with Crippen molar-refractivity contribution in [3.8, 4) is 16.9 Å². The molecule has 2 aromatic carbocycles. The van der Waals surface area contributed by atoms with Gasteiger partial charge < -0.3 is 9.47 Å². The van der Waals surface area contributed by atoms with Crippen LogP contribution >= 0.6 is 0 Å². The van der Waals surface area contributed by atoms with Crippen LogP contribution in [0.3, 0.4) is 0 Å². The molecule has 0 amide bonds. The number of ether oxygens (including phenoxy) is 2. The first-order valence-corrected chi connectivity index (χ1v) is 10.1. The molecule has 0 saturated carbocycles. The van der Waals surface area contributed by atoms with Gasteiger partial charge in [-0.1, -0.05) is 57.4 Å². The molecule has 0 radical (unpaired) electrons. The molecule has 0 aliphatic rings. The van der Waals surface area contributed by atoms with Gasteiger partial charge in [-0.2, -0.15) is 0 Å². The Balaban J connectivity index is 1.95. The van der Waals surface area contributed by atoms with Gasteiger partial charge in [-0.05, 0) is 54.7 Å². The summed E-state index contributed by atoms with van der Waals surface area (Å²) in [6.07, 6.45) is 6.47. The summed E-state index contributed by atoms with van der Waals surface area (Å²) >= 11 is 0. The van der Waals surface area contributed by atoms with Gasteiger partial charge in [0.15, 0.2) is 0 Å². The molecule has 0 saturated heterocycles. The normalized spacial score (nSPS) is 11.7. The van der Waals surface area contributed by atoms with E-state index >= 15 is 0 Å². The molecule has 0 aliphatic heterocycles. The fourth-order valence-electron chi connectivity index (χ4n) is 3.04. The summed E-state index contributed by atoms with van der Waals surface area (Å²) < 4.78 is 10.7. The lowest BCUT2D eigenvalue weighted by molar-refractivity contribution is -0.131. The molecule has 0 spiro atoms. The quantitative estimate of drug-likeness (QED) is 0.279. The molecule has 2 aromatic rings. The van der Waals surface area contributed by atoms with Gasteiger partial charge in [0, 0.05) is 6.92 Å². The van der Waals surface area contributed by atoms with Crippen LogP contribution in [-0.2, 0) is 9.53 Å². The fraction of sp³-hybridized carbons (Fsp3) is 0.417. The second-order valence-corrected chi connectivity index (χ2v) is 6.98. The van der Waals surface area contributed by atoms with E-state index in [0.29, 0.717) is 11.3 Å². The van der Waals surface area contributed by atoms with Crippen LogP contribution in [0.1, 0.15) is 69.7 Å². The van der Waals surface area contributed by atoms with E-state index in [1.54, 1.807) is 24.3 Å². The first kappa shape index (κ1) is 21.7. The SMILES string of the molecule is CCCCCCC(CC)OC(=O)c1ccc(-c2ccc(OC(C)=O)cc2)cc1. The Morgan fingerprint density at radius 3 is 2.00 bits per heavy atom. The number of unbranched alkanes of at least 4 members (excludes halogenated alkanes) is 3. The van der Waals surface area contributed by atoms with Crippen LogP contribution in [-0.4, -0.2) is 18.0 Å². The molecular weight excluding hydrogens is 352 g/mol. The van der Waals surface area contributed by atoms with Crippen molar-refractivity contribution in [2.45, 2.75) is 65.4 Å². The van der Waals surface area contributed by atoms with Gasteiger partial charge >= 0.3 is 11.9 Å². The van der Waals surface area contributed by atoms with Crippen LogP contribution in [0.25, 0.3) is 11.1 Å². The molecule has 4 heteroatoms. The van der Waals surface area contributed by atoms with Gasteiger partial charge in [-0.3, -0.25) is 4.79 Å². The van der Waals surface area contributed by atoms with Crippen LogP contribution in [0, 0.1) is 0 Å². The average molecular weight is 383 g/mol. The lowest BCUT2D eigenvalue weighted by Gasteiger charge is -2.16. The van der Waals surface area contributed by atoms with E-state index in [1.165, 1.54) is 26.2 Å². The van der Waals surface area contributed by atoms with Crippen molar-refractivity contribution in [3.63, 3.8) is 0 Å². The maximum Gasteiger partial charge on any atom is 0.338 e. The summed E-state index contributed by atoms with van der Waals surface area (Å²) in [6.45, 7) is 5.62. The van der Waals surface area contributed by atoms with Gasteiger partial charge in [0.25, 0.3) is 0 Å². The Morgan fingerprint density at radius 2 is 1.46 bits per heavy atom. The highest BCUT2D eigenvalue weighted by Crippen LogP contribution is 2.23. The zero-order valence-corrected chi connectivity index (χ0v) is 17.1. The second-order valence-electron chi connectivity index (χ2n) is 6.98. The number of benzene rings is 2. The molecule has 0 fully saturated rings. The van der Waals surface area contributed by atoms with Crippen molar-refractivity contribution in [2.75, 3.05) is 0 Å². The molecule has 0 heterocycles. The van der Waals surface area contributed by atoms with Crippen molar-refractivity contribution >= 4 is 11.9 Å². The predicted molar refractivity (Wildman–Crippen MR) is 111 cm³/mol. The van der Waals surface area contributed by atoms with Crippen molar-refractivity contribution in [1.29, 1.82) is 0 Å². The van der Waals surface area contributed by atoms with Crippen molar-refractivity contribution < 1.29 is 19.1 Å². The Bertz CT molecular complexity index is 747. The molecule has 0 N–H and O–H groups in total. The van der Waals surface area contributed by atoms with E-state index in [4.69, 9.17) is 9.47 Å². The van der Waals surface area contributed by atoms with Gasteiger partial charge in [0.1, 0.15) is 11.9 Å². The van der Waals surface area contributed by atoms with E-state index in [1.807, 2.05) is 24.3 Å². The highest BCUT2D eigenvalue weighted by Gasteiger charge is 2.14. The highest BCUT2D eigenvalue weighted by molar-refractivity contribution is 5.90. The standard InChI is InChI=1S/C24H30O4/c1-4-6-7-8-9-22(5-2)28-24(26)21-12-10-19(11-13-21)20-14-16-23(17-15-20)27-18(3)25/h10-17,22H,4-9H2,1-3H3. The third-order valence-electron chi connectivity index (χ3n) is 4.68. The minimum atomic E-state index is -0.341. The van der Waals surface area contributed by atoms with E-state index in [0.717, 1.165) is 30.4 Å². The number of rotatable bonds is 10. The van der Waals surface area contributed by atoms with E-state index in [9.17, 15) is 9.59 Å². The van der Waals surface area contributed by atoms with E-state index in [2.05, 4.69) is 13.8 Å². The molecular formula is C24H30O4. The molecule has 0 bridgehead atoms. The first-order chi connectivity index (χ1) is 13.5. The lowest BCUT2D eigenvalue weighted by atomic mass is 10.0. The number of carbonyl (C=O) groups excluding carboxylic acids is 2. The summed E-state index contributed by atoms with van der Waals surface area (Å²) in [6, 6.07) is 14.7. The van der Waals surface area contributed by atoms with Gasteiger partial charge in [-0.25, -0.2) is 4.79 Å². The van der Waals surface area contributed by atoms with Crippen molar-refractivity contribution in [1.82, 2.24) is 0 Å². The molecule has 0 aromatic heterocycles. The summed E-state index contributed by atoms with van der Waals surface area (Å²) in [4.78, 5) is 23.4. The minimum absolute atomic E-state index is 0.0159. The Hall–Kier alpha value is -2.62. The number of carbonyl (C=O) groups is 2. The smallest absolute Gasteiger partial charge is 0.338 e. The maximum atomic E-state index is 12.4.